The molecule has 0 saturated carbocycles. The number of hydrogen-bond donors (Lipinski definition) is 0. The topological polar surface area (TPSA) is 0 Å². The molecule has 0 rings (SSSR count). The molecule has 0 bridgehead atoms. The molecule has 0 aliphatic heterocycles. The van der Waals surface area contributed by atoms with E-state index in [1.54, 1.807) is 0 Å². The van der Waals surface area contributed by atoms with Crippen LogP contribution >= 0.6 is 0 Å². The summed E-state index contributed by atoms with van der Waals surface area (Å²) in [5.74, 6) is -36.7. The van der Waals surface area contributed by atoms with Crippen molar-refractivity contribution in [3.8, 4) is 0 Å². The molecule has 1 radical (unpaired) electrons. The summed E-state index contributed by atoms with van der Waals surface area (Å²) >= 11 is 0. The molecule has 0 spiro atoms. The Balaban J connectivity index is 6.15. The lowest BCUT2D eigenvalue weighted by molar-refractivity contribution is -0.437. The Morgan fingerprint density at radius 1 is 0.542 bits per heavy atom. The van der Waals surface area contributed by atoms with Gasteiger partial charge in [-0.1, -0.05) is 11.6 Å². The van der Waals surface area contributed by atoms with Gasteiger partial charge in [0.1, 0.15) is 0 Å². The first-order valence-corrected chi connectivity index (χ1v) is 5.62. The number of allylic oxidation sites excluding steroid dienone is 2. The van der Waals surface area contributed by atoms with Gasteiger partial charge in [-0.3, -0.25) is 0 Å². The quantitative estimate of drug-likeness (QED) is 0.498. The van der Waals surface area contributed by atoms with E-state index in [2.05, 4.69) is 0 Å². The first-order valence-electron chi connectivity index (χ1n) is 5.62. The van der Waals surface area contributed by atoms with Crippen LogP contribution < -0.4 is 0 Å². The number of alkyl halides is 13. The molecular weight excluding hydrogens is 379 g/mol. The van der Waals surface area contributed by atoms with Gasteiger partial charge in [-0.15, -0.1) is 0 Å². The second kappa shape index (κ2) is 5.97. The molecule has 13 heteroatoms. The Bertz CT molecular complexity index is 479. The minimum atomic E-state index is -7.86. The van der Waals surface area contributed by atoms with Crippen LogP contribution in [0.3, 0.4) is 0 Å². The maximum absolute atomic E-state index is 13.1. The van der Waals surface area contributed by atoms with Crippen LogP contribution in [0, 0.1) is 6.42 Å². The molecule has 0 fully saturated rings. The predicted molar refractivity (Wildman–Crippen MR) is 54.5 cm³/mol. The smallest absolute Gasteiger partial charge is 0.199 e. The van der Waals surface area contributed by atoms with Crippen molar-refractivity contribution in [1.29, 1.82) is 0 Å². The zero-order chi connectivity index (χ0) is 20.0. The van der Waals surface area contributed by atoms with Crippen molar-refractivity contribution >= 4 is 0 Å². The fourth-order valence-corrected chi connectivity index (χ4v) is 1.16. The van der Waals surface area contributed by atoms with E-state index in [0.29, 0.717) is 0 Å². The summed E-state index contributed by atoms with van der Waals surface area (Å²) in [6.45, 7) is 1.99. The van der Waals surface area contributed by atoms with Gasteiger partial charge < -0.3 is 0 Å². The SMILES string of the molecule is CC(C)=C[CH]C(F)(F)C(F)(F)C(F)(F)C(F)(F)C(F)(F)C(F)(F)F. The van der Waals surface area contributed by atoms with E-state index in [1.165, 1.54) is 0 Å². The zero-order valence-electron chi connectivity index (χ0n) is 11.6. The lowest BCUT2D eigenvalue weighted by Crippen LogP contribution is -2.70. The van der Waals surface area contributed by atoms with Gasteiger partial charge in [-0.2, -0.15) is 57.1 Å². The third-order valence-corrected chi connectivity index (χ3v) is 2.58. The molecule has 0 aromatic carbocycles. The molecule has 0 atom stereocenters. The van der Waals surface area contributed by atoms with Crippen molar-refractivity contribution in [2.24, 2.45) is 0 Å². The third kappa shape index (κ3) is 3.30. The number of halogens is 13. The second-order valence-corrected chi connectivity index (χ2v) is 4.83. The van der Waals surface area contributed by atoms with E-state index in [4.69, 9.17) is 0 Å². The highest BCUT2D eigenvalue weighted by Gasteiger charge is 2.90. The molecule has 0 nitrogen and oxygen atoms in total. The molecule has 0 aliphatic carbocycles. The van der Waals surface area contributed by atoms with Crippen LogP contribution in [0.25, 0.3) is 0 Å². The minimum Gasteiger partial charge on any atom is -0.199 e. The van der Waals surface area contributed by atoms with Crippen molar-refractivity contribution in [3.63, 3.8) is 0 Å². The highest BCUT2D eigenvalue weighted by atomic mass is 19.4. The Labute approximate surface area is 126 Å². The number of hydrogen-bond acceptors (Lipinski definition) is 0. The zero-order valence-corrected chi connectivity index (χ0v) is 11.6. The summed E-state index contributed by atoms with van der Waals surface area (Å²) in [5.41, 5.74) is -0.207. The van der Waals surface area contributed by atoms with Gasteiger partial charge in [-0.05, 0) is 13.8 Å². The first kappa shape index (κ1) is 22.8. The van der Waals surface area contributed by atoms with Gasteiger partial charge in [0.05, 0.1) is 6.42 Å². The van der Waals surface area contributed by atoms with Crippen LogP contribution in [0.15, 0.2) is 11.6 Å². The summed E-state index contributed by atoms with van der Waals surface area (Å²) in [4.78, 5) is 0. The maximum atomic E-state index is 13.1. The minimum absolute atomic E-state index is 0.0734. The lowest BCUT2D eigenvalue weighted by atomic mass is 9.92. The van der Waals surface area contributed by atoms with Gasteiger partial charge in [0.25, 0.3) is 0 Å². The van der Waals surface area contributed by atoms with Crippen LogP contribution in [0.2, 0.25) is 0 Å². The Morgan fingerprint density at radius 3 is 1.17 bits per heavy atom. The normalized spacial score (nSPS) is 15.5. The summed E-state index contributed by atoms with van der Waals surface area (Å²) in [6.07, 6.45) is -8.32. The van der Waals surface area contributed by atoms with E-state index in [9.17, 15) is 57.1 Å². The molecule has 0 aliphatic rings. The fraction of sp³-hybridized carbons (Fsp3) is 0.727. The van der Waals surface area contributed by atoms with E-state index in [1.807, 2.05) is 0 Å². The number of rotatable bonds is 6. The maximum Gasteiger partial charge on any atom is 0.460 e. The molecule has 0 aromatic heterocycles. The van der Waals surface area contributed by atoms with Crippen molar-refractivity contribution in [3.05, 3.63) is 18.1 Å². The highest BCUT2D eigenvalue weighted by molar-refractivity contribution is 5.18. The molecule has 0 heterocycles. The van der Waals surface area contributed by atoms with Crippen LogP contribution in [-0.4, -0.2) is 35.8 Å². The van der Waals surface area contributed by atoms with Gasteiger partial charge in [0.2, 0.25) is 0 Å². The summed E-state index contributed by atoms with van der Waals surface area (Å²) in [6, 6.07) is 0. The second-order valence-electron chi connectivity index (χ2n) is 4.83. The highest BCUT2D eigenvalue weighted by Crippen LogP contribution is 2.60. The fourth-order valence-electron chi connectivity index (χ4n) is 1.16. The molecule has 0 unspecified atom stereocenters. The van der Waals surface area contributed by atoms with E-state index >= 15 is 0 Å². The van der Waals surface area contributed by atoms with Gasteiger partial charge in [-0.25, -0.2) is 0 Å². The van der Waals surface area contributed by atoms with Gasteiger partial charge in [0.15, 0.2) is 0 Å². The van der Waals surface area contributed by atoms with Crippen LogP contribution in [0.4, 0.5) is 57.1 Å². The molecule has 0 aromatic rings. The summed E-state index contributed by atoms with van der Waals surface area (Å²) in [7, 11) is 0. The lowest BCUT2D eigenvalue weighted by Gasteiger charge is -2.39. The van der Waals surface area contributed by atoms with Gasteiger partial charge >= 0.3 is 35.8 Å². The monoisotopic (exact) mass is 387 g/mol. The van der Waals surface area contributed by atoms with Crippen molar-refractivity contribution in [2.75, 3.05) is 0 Å². The average molecular weight is 387 g/mol. The molecule has 0 N–H and O–H groups in total. The van der Waals surface area contributed by atoms with E-state index in [-0.39, 0.29) is 11.6 Å². The predicted octanol–water partition coefficient (Wildman–Crippen LogP) is 5.90. The molecular formula is C11H8F13. The van der Waals surface area contributed by atoms with Crippen molar-refractivity contribution in [2.45, 2.75) is 49.6 Å². The van der Waals surface area contributed by atoms with Crippen LogP contribution in [-0.2, 0) is 0 Å². The largest absolute Gasteiger partial charge is 0.460 e. The summed E-state index contributed by atoms with van der Waals surface area (Å²) < 4.78 is 164. The Morgan fingerprint density at radius 2 is 0.875 bits per heavy atom. The molecule has 143 valence electrons. The molecule has 0 saturated heterocycles. The Hall–Kier alpha value is -1.17. The van der Waals surface area contributed by atoms with E-state index in [0.717, 1.165) is 13.8 Å². The third-order valence-electron chi connectivity index (χ3n) is 2.58. The van der Waals surface area contributed by atoms with Crippen molar-refractivity contribution in [1.82, 2.24) is 0 Å². The summed E-state index contributed by atoms with van der Waals surface area (Å²) in [5, 5.41) is 0. The average Bonchev–Trinajstić information content (AvgIpc) is 2.34. The first-order chi connectivity index (χ1) is 10.2. The van der Waals surface area contributed by atoms with E-state index < -0.39 is 42.2 Å². The van der Waals surface area contributed by atoms with Crippen LogP contribution in [0.1, 0.15) is 13.8 Å². The Kier molecular flexibility index (Phi) is 5.68. The van der Waals surface area contributed by atoms with Crippen molar-refractivity contribution < 1.29 is 57.1 Å². The van der Waals surface area contributed by atoms with Crippen LogP contribution in [0.5, 0.6) is 0 Å². The molecule has 0 amide bonds. The standard InChI is InChI=1S/C11H8F13/c1-5(2)3-4-6(12,13)7(14,15)8(16,17)9(18,19)10(20,21)11(22,23)24/h3-4H,1-2H3. The van der Waals surface area contributed by atoms with Gasteiger partial charge in [0, 0.05) is 0 Å². The molecule has 24 heavy (non-hydrogen) atoms.